The number of nitrogens with one attached hydrogen (secondary N) is 1. The van der Waals surface area contributed by atoms with Crippen LogP contribution in [0, 0.1) is 0 Å². The van der Waals surface area contributed by atoms with E-state index in [0.29, 0.717) is 11.0 Å². The number of nitrogens with zero attached hydrogens (tertiary/aromatic N) is 6. The van der Waals surface area contributed by atoms with Crippen LogP contribution >= 0.6 is 15.6 Å². The van der Waals surface area contributed by atoms with Gasteiger partial charge in [-0.1, -0.05) is 41.5 Å². The first-order chi connectivity index (χ1) is 27.2. The number of aromatic nitrogens is 7. The van der Waals surface area contributed by atoms with Crippen LogP contribution in [0.2, 0.25) is 36.3 Å². The summed E-state index contributed by atoms with van der Waals surface area (Å²) in [5, 5.41) is -0.743. The Labute approximate surface area is 341 Å². The van der Waals surface area contributed by atoms with Gasteiger partial charge in [-0.05, 0) is 42.3 Å². The fourth-order valence-corrected chi connectivity index (χ4v) is 11.2. The average molecular weight is 902 g/mol. The zero-order chi connectivity index (χ0) is 43.2. The minimum Gasteiger partial charge on any atom is -0.408 e. The topological polar surface area (TPSA) is 295 Å². The summed E-state index contributed by atoms with van der Waals surface area (Å²) in [5.41, 5.74) is 12.1. The molecule has 2 bridgehead atoms. The van der Waals surface area contributed by atoms with Gasteiger partial charge in [0.25, 0.3) is 5.56 Å². The van der Waals surface area contributed by atoms with E-state index in [2.05, 4.69) is 24.9 Å². The predicted molar refractivity (Wildman–Crippen MR) is 218 cm³/mol. The normalized spacial score (nSPS) is 32.8. The average Bonchev–Trinajstić information content (AvgIpc) is 3.86. The second kappa shape index (κ2) is 15.2. The van der Waals surface area contributed by atoms with Crippen LogP contribution in [0.1, 0.15) is 54.0 Å². The molecule has 59 heavy (non-hydrogen) atoms. The van der Waals surface area contributed by atoms with Crippen molar-refractivity contribution in [2.24, 2.45) is 0 Å². The molecular formula is C33H53N9O13P2Si2. The van der Waals surface area contributed by atoms with Gasteiger partial charge in [0.1, 0.15) is 42.1 Å². The second-order valence-electron chi connectivity index (χ2n) is 18.0. The molecule has 3 aliphatic heterocycles. The highest BCUT2D eigenvalue weighted by atomic mass is 31.2. The number of phosphoric acid groups is 2. The molecule has 0 amide bonds. The number of fused-ring (bicyclic) bond motifs is 5. The van der Waals surface area contributed by atoms with Crippen molar-refractivity contribution >= 4 is 66.2 Å². The Morgan fingerprint density at radius 3 is 1.97 bits per heavy atom. The Morgan fingerprint density at radius 2 is 1.34 bits per heavy atom. The number of phosphoric ester groups is 2. The molecule has 0 radical (unpaired) electrons. The molecule has 0 spiro atoms. The summed E-state index contributed by atoms with van der Waals surface area (Å²) >= 11 is 0. The van der Waals surface area contributed by atoms with Gasteiger partial charge < -0.3 is 44.1 Å². The molecular weight excluding hydrogens is 849 g/mol. The van der Waals surface area contributed by atoms with E-state index in [-0.39, 0.29) is 28.0 Å². The number of hydrogen-bond donors (Lipinski definition) is 5. The summed E-state index contributed by atoms with van der Waals surface area (Å²) in [5.74, 6) is -0.0648. The fraction of sp³-hybridized carbons (Fsp3) is 0.667. The first-order valence-electron chi connectivity index (χ1n) is 19.0. The van der Waals surface area contributed by atoms with Gasteiger partial charge in [-0.15, -0.1) is 0 Å². The fourth-order valence-electron chi connectivity index (χ4n) is 6.69. The van der Waals surface area contributed by atoms with Crippen molar-refractivity contribution in [3.8, 4) is 0 Å². The molecule has 4 aromatic heterocycles. The number of anilines is 2. The predicted octanol–water partition coefficient (Wildman–Crippen LogP) is 4.32. The van der Waals surface area contributed by atoms with Gasteiger partial charge in [-0.2, -0.15) is 4.98 Å². The highest BCUT2D eigenvalue weighted by Crippen LogP contribution is 2.56. The summed E-state index contributed by atoms with van der Waals surface area (Å²) in [6, 6.07) is 1.67. The van der Waals surface area contributed by atoms with Gasteiger partial charge in [-0.3, -0.25) is 32.4 Å². The molecule has 0 aliphatic carbocycles. The molecule has 4 aromatic rings. The zero-order valence-corrected chi connectivity index (χ0v) is 38.2. The van der Waals surface area contributed by atoms with Gasteiger partial charge >= 0.3 is 15.6 Å². The quantitative estimate of drug-likeness (QED) is 0.133. The summed E-state index contributed by atoms with van der Waals surface area (Å²) in [7, 11) is -15.7. The number of nitrogen functional groups attached to an aromatic ring is 2. The van der Waals surface area contributed by atoms with Crippen molar-refractivity contribution in [1.82, 2.24) is 34.1 Å². The highest BCUT2D eigenvalue weighted by Gasteiger charge is 2.58. The molecule has 7 rings (SSSR count). The Kier molecular flexibility index (Phi) is 11.3. The minimum absolute atomic E-state index is 0.0333. The molecule has 26 heteroatoms. The molecule has 326 valence electrons. The van der Waals surface area contributed by atoms with E-state index in [1.54, 1.807) is 10.6 Å². The number of imidazole rings is 2. The Bertz CT molecular complexity index is 2380. The Morgan fingerprint density at radius 1 is 0.797 bits per heavy atom. The van der Waals surface area contributed by atoms with Gasteiger partial charge in [0.15, 0.2) is 46.1 Å². The van der Waals surface area contributed by atoms with Crippen molar-refractivity contribution in [1.29, 1.82) is 0 Å². The lowest BCUT2D eigenvalue weighted by Gasteiger charge is -2.41. The first-order valence-corrected chi connectivity index (χ1v) is 27.8. The SMILES string of the molecule is CC(C)(C)[Si](C)(C)OC1C2COP(=O)(O)O[C@@H]3C(COP(=O)(O)O[C@H]1[C@H](n1cnc4c(=O)[nH]c(N)nc41)O2)O[C@@H](n1cnc2c(N)nccc21)C3O[Si](C)(C)C(C)(C)C. The number of ether oxygens (including phenoxy) is 2. The molecule has 6 unspecified atom stereocenters. The maximum atomic E-state index is 14.2. The lowest BCUT2D eigenvalue weighted by Crippen LogP contribution is -2.50. The van der Waals surface area contributed by atoms with E-state index in [1.807, 2.05) is 67.7 Å². The maximum absolute atomic E-state index is 14.2. The van der Waals surface area contributed by atoms with E-state index in [0.717, 1.165) is 0 Å². The zero-order valence-electron chi connectivity index (χ0n) is 34.5. The van der Waals surface area contributed by atoms with Gasteiger partial charge in [-0.25, -0.2) is 24.1 Å². The van der Waals surface area contributed by atoms with Crippen LogP contribution in [0.25, 0.3) is 22.2 Å². The van der Waals surface area contributed by atoms with Crippen LogP contribution in [-0.2, 0) is 45.6 Å². The van der Waals surface area contributed by atoms with E-state index in [9.17, 15) is 23.7 Å². The molecule has 3 aliphatic rings. The standard InChI is InChI=1S/C33H53N9O13P2Si2/c1-32(2,3)58(7,8)54-23-19-14-49-56(44,45)52-22-18(13-48-57(46,47)53-24(23)29(51-19)42-16-38-21-27(42)39-31(35)40-28(21)43)50-30(25(22)55-59(9,10)33(4,5)6)41-15-37-20-17(41)11-12-36-26(20)34/h11-12,15-16,18-19,22-25,29-30H,13-14H2,1-10H3,(H2,34,36)(H,44,45)(H,46,47)(H3,35,39,40,43)/t18?,19?,22-,23?,24-,25?,29-,30-/m1/s1. The third-order valence-electron chi connectivity index (χ3n) is 11.9. The monoisotopic (exact) mass is 901 g/mol. The lowest BCUT2D eigenvalue weighted by atomic mass is 10.1. The summed E-state index contributed by atoms with van der Waals surface area (Å²) < 4.78 is 81.4. The number of pyridine rings is 1. The number of hydrogen-bond acceptors (Lipinski definition) is 17. The Balaban J connectivity index is 1.31. The van der Waals surface area contributed by atoms with Crippen LogP contribution in [0.3, 0.4) is 0 Å². The van der Waals surface area contributed by atoms with Crippen molar-refractivity contribution in [2.75, 3.05) is 24.7 Å². The van der Waals surface area contributed by atoms with E-state index >= 15 is 0 Å². The molecule has 0 saturated carbocycles. The van der Waals surface area contributed by atoms with Gasteiger partial charge in [0.05, 0.1) is 31.4 Å². The lowest BCUT2D eigenvalue weighted by molar-refractivity contribution is -0.0671. The molecule has 3 saturated heterocycles. The van der Waals surface area contributed by atoms with Crippen molar-refractivity contribution in [3.05, 3.63) is 35.3 Å². The van der Waals surface area contributed by atoms with E-state index in [1.165, 1.54) is 23.4 Å². The van der Waals surface area contributed by atoms with E-state index in [4.69, 9.17) is 47.9 Å². The Hall–Kier alpha value is -2.94. The van der Waals surface area contributed by atoms with E-state index < -0.39 is 105 Å². The summed E-state index contributed by atoms with van der Waals surface area (Å²) in [6.07, 6.45) is -6.04. The molecule has 0 aromatic carbocycles. The van der Waals surface area contributed by atoms with Crippen LogP contribution in [-0.4, -0.2) is 110 Å². The smallest absolute Gasteiger partial charge is 0.408 e. The number of H-pyrrole nitrogens is 1. The van der Waals surface area contributed by atoms with Crippen molar-refractivity contribution < 1.29 is 55.3 Å². The van der Waals surface area contributed by atoms with Crippen LogP contribution < -0.4 is 17.0 Å². The minimum atomic E-state index is -5.13. The third-order valence-corrected chi connectivity index (χ3v) is 22.8. The van der Waals surface area contributed by atoms with Crippen LogP contribution in [0.5, 0.6) is 0 Å². The van der Waals surface area contributed by atoms with Crippen molar-refractivity contribution in [3.63, 3.8) is 0 Å². The number of rotatable bonds is 6. The summed E-state index contributed by atoms with van der Waals surface area (Å²) in [4.78, 5) is 55.2. The van der Waals surface area contributed by atoms with Crippen molar-refractivity contribution in [2.45, 2.75) is 127 Å². The molecule has 3 fully saturated rings. The third kappa shape index (κ3) is 8.50. The molecule has 10 atom stereocenters. The number of nitrogens with two attached hydrogens (primary N) is 2. The van der Waals surface area contributed by atoms with Crippen LogP contribution in [0.15, 0.2) is 29.7 Å². The summed E-state index contributed by atoms with van der Waals surface area (Å²) in [6.45, 7) is 18.6. The van der Waals surface area contributed by atoms with Crippen LogP contribution in [0.4, 0.5) is 11.8 Å². The van der Waals surface area contributed by atoms with Gasteiger partial charge in [0.2, 0.25) is 5.95 Å². The largest absolute Gasteiger partial charge is 0.472 e. The van der Waals surface area contributed by atoms with Gasteiger partial charge in [0, 0.05) is 6.20 Å². The highest BCUT2D eigenvalue weighted by molar-refractivity contribution is 7.47. The second-order valence-corrected chi connectivity index (χ2v) is 30.3. The molecule has 22 nitrogen and oxygen atoms in total. The maximum Gasteiger partial charge on any atom is 0.472 e. The first kappa shape index (κ1) is 44.1. The number of aromatic amines is 1. The molecule has 7 heterocycles. The molecule has 7 N–H and O–H groups in total.